The van der Waals surface area contributed by atoms with Crippen molar-refractivity contribution < 1.29 is 0 Å². The van der Waals surface area contributed by atoms with Gasteiger partial charge in [0.2, 0.25) is 0 Å². The quantitative estimate of drug-likeness (QED) is 0.812. The SMILES string of the molecule is NC1(c2ccccc2C2CCC2)CCCCC1. The largest absolute Gasteiger partial charge is 0.321 e. The molecule has 2 saturated carbocycles. The first-order chi connectivity index (χ1) is 8.30. The van der Waals surface area contributed by atoms with Crippen LogP contribution in [0.5, 0.6) is 0 Å². The molecule has 0 radical (unpaired) electrons. The van der Waals surface area contributed by atoms with Crippen LogP contribution in [-0.2, 0) is 5.54 Å². The van der Waals surface area contributed by atoms with Crippen LogP contribution < -0.4 is 5.73 Å². The summed E-state index contributed by atoms with van der Waals surface area (Å²) in [5.74, 6) is 0.800. The molecule has 0 unspecified atom stereocenters. The summed E-state index contributed by atoms with van der Waals surface area (Å²) in [5, 5.41) is 0. The normalized spacial score (nSPS) is 24.3. The maximum atomic E-state index is 6.70. The molecule has 92 valence electrons. The number of hydrogen-bond donors (Lipinski definition) is 1. The summed E-state index contributed by atoms with van der Waals surface area (Å²) in [5.41, 5.74) is 9.70. The van der Waals surface area contributed by atoms with Gasteiger partial charge in [-0.2, -0.15) is 0 Å². The summed E-state index contributed by atoms with van der Waals surface area (Å²) >= 11 is 0. The van der Waals surface area contributed by atoms with Crippen molar-refractivity contribution in [3.05, 3.63) is 35.4 Å². The molecule has 2 N–H and O–H groups in total. The van der Waals surface area contributed by atoms with E-state index in [1.54, 1.807) is 5.56 Å². The van der Waals surface area contributed by atoms with Crippen LogP contribution in [-0.4, -0.2) is 0 Å². The molecule has 0 amide bonds. The van der Waals surface area contributed by atoms with Crippen molar-refractivity contribution in [1.29, 1.82) is 0 Å². The second-order valence-electron chi connectivity index (χ2n) is 5.93. The molecule has 1 heteroatoms. The van der Waals surface area contributed by atoms with E-state index >= 15 is 0 Å². The van der Waals surface area contributed by atoms with Gasteiger partial charge in [-0.3, -0.25) is 0 Å². The fraction of sp³-hybridized carbons (Fsp3) is 0.625. The summed E-state index contributed by atoms with van der Waals surface area (Å²) in [6, 6.07) is 8.96. The monoisotopic (exact) mass is 229 g/mol. The lowest BCUT2D eigenvalue weighted by molar-refractivity contribution is 0.295. The highest BCUT2D eigenvalue weighted by Crippen LogP contribution is 2.43. The first-order valence-electron chi connectivity index (χ1n) is 7.18. The van der Waals surface area contributed by atoms with Crippen molar-refractivity contribution in [2.45, 2.75) is 62.8 Å². The van der Waals surface area contributed by atoms with Gasteiger partial charge in [-0.25, -0.2) is 0 Å². The van der Waals surface area contributed by atoms with E-state index < -0.39 is 0 Å². The van der Waals surface area contributed by atoms with Crippen molar-refractivity contribution in [3.63, 3.8) is 0 Å². The number of rotatable bonds is 2. The van der Waals surface area contributed by atoms with E-state index in [-0.39, 0.29) is 5.54 Å². The Bertz CT molecular complexity index is 386. The minimum absolute atomic E-state index is 0.0234. The van der Waals surface area contributed by atoms with Crippen LogP contribution in [0.1, 0.15) is 68.4 Å². The third kappa shape index (κ3) is 2.01. The van der Waals surface area contributed by atoms with E-state index in [1.807, 2.05) is 0 Å². The highest BCUT2D eigenvalue weighted by atomic mass is 14.7. The smallest absolute Gasteiger partial charge is 0.0412 e. The van der Waals surface area contributed by atoms with Crippen LogP contribution in [0.2, 0.25) is 0 Å². The van der Waals surface area contributed by atoms with Gasteiger partial charge in [0.05, 0.1) is 0 Å². The van der Waals surface area contributed by atoms with E-state index in [2.05, 4.69) is 24.3 Å². The maximum Gasteiger partial charge on any atom is 0.0412 e. The molecule has 0 bridgehead atoms. The molecule has 17 heavy (non-hydrogen) atoms. The molecule has 2 aliphatic rings. The molecular weight excluding hydrogens is 206 g/mol. The maximum absolute atomic E-state index is 6.70. The van der Waals surface area contributed by atoms with Crippen molar-refractivity contribution in [3.8, 4) is 0 Å². The van der Waals surface area contributed by atoms with Gasteiger partial charge in [0.25, 0.3) is 0 Å². The standard InChI is InChI=1S/C16H23N/c17-16(11-4-1-5-12-16)15-10-3-2-9-14(15)13-7-6-8-13/h2-3,9-10,13H,1,4-8,11-12,17H2. The molecule has 0 atom stereocenters. The zero-order valence-electron chi connectivity index (χ0n) is 10.6. The van der Waals surface area contributed by atoms with Gasteiger partial charge < -0.3 is 5.73 Å². The molecular formula is C16H23N. The minimum Gasteiger partial charge on any atom is -0.321 e. The van der Waals surface area contributed by atoms with E-state index in [4.69, 9.17) is 5.73 Å². The van der Waals surface area contributed by atoms with Crippen LogP contribution in [0.3, 0.4) is 0 Å². The lowest BCUT2D eigenvalue weighted by atomic mass is 9.70. The van der Waals surface area contributed by atoms with Crippen LogP contribution in [0.15, 0.2) is 24.3 Å². The lowest BCUT2D eigenvalue weighted by Crippen LogP contribution is -2.40. The van der Waals surface area contributed by atoms with E-state index in [9.17, 15) is 0 Å². The van der Waals surface area contributed by atoms with Gasteiger partial charge in [0, 0.05) is 5.54 Å². The van der Waals surface area contributed by atoms with E-state index in [1.165, 1.54) is 56.9 Å². The summed E-state index contributed by atoms with van der Waals surface area (Å²) in [7, 11) is 0. The highest BCUT2D eigenvalue weighted by Gasteiger charge is 2.33. The number of benzene rings is 1. The first kappa shape index (κ1) is 11.3. The van der Waals surface area contributed by atoms with Crippen LogP contribution in [0, 0.1) is 0 Å². The lowest BCUT2D eigenvalue weighted by Gasteiger charge is -2.38. The molecule has 0 spiro atoms. The Morgan fingerprint density at radius 1 is 0.941 bits per heavy atom. The molecule has 3 rings (SSSR count). The molecule has 1 aromatic carbocycles. The molecule has 2 fully saturated rings. The van der Waals surface area contributed by atoms with Gasteiger partial charge >= 0.3 is 0 Å². The fourth-order valence-corrected chi connectivity index (χ4v) is 3.48. The number of hydrogen-bond acceptors (Lipinski definition) is 1. The molecule has 0 aliphatic heterocycles. The molecule has 0 heterocycles. The summed E-state index contributed by atoms with van der Waals surface area (Å²) in [4.78, 5) is 0. The van der Waals surface area contributed by atoms with E-state index in [0.29, 0.717) is 0 Å². The molecule has 0 saturated heterocycles. The Labute approximate surface area is 104 Å². The Balaban J connectivity index is 1.95. The van der Waals surface area contributed by atoms with Crippen molar-refractivity contribution in [2.24, 2.45) is 5.73 Å². The summed E-state index contributed by atoms with van der Waals surface area (Å²) in [6.07, 6.45) is 10.5. The first-order valence-corrected chi connectivity index (χ1v) is 7.18. The Kier molecular flexibility index (Phi) is 2.96. The second-order valence-corrected chi connectivity index (χ2v) is 5.93. The fourth-order valence-electron chi connectivity index (χ4n) is 3.48. The second kappa shape index (κ2) is 4.45. The Morgan fingerprint density at radius 3 is 2.29 bits per heavy atom. The van der Waals surface area contributed by atoms with Gasteiger partial charge in [0.1, 0.15) is 0 Å². The average molecular weight is 229 g/mol. The highest BCUT2D eigenvalue weighted by molar-refractivity contribution is 5.37. The molecule has 0 aromatic heterocycles. The van der Waals surface area contributed by atoms with Crippen LogP contribution >= 0.6 is 0 Å². The van der Waals surface area contributed by atoms with Crippen molar-refractivity contribution in [1.82, 2.24) is 0 Å². The molecule has 1 aromatic rings. The summed E-state index contributed by atoms with van der Waals surface area (Å²) in [6.45, 7) is 0. The predicted molar refractivity (Wildman–Crippen MR) is 72.0 cm³/mol. The molecule has 1 nitrogen and oxygen atoms in total. The zero-order valence-corrected chi connectivity index (χ0v) is 10.6. The zero-order chi connectivity index (χ0) is 11.7. The number of nitrogens with two attached hydrogens (primary N) is 1. The predicted octanol–water partition coefficient (Wildman–Crippen LogP) is 4.07. The van der Waals surface area contributed by atoms with Gasteiger partial charge in [-0.15, -0.1) is 0 Å². The Morgan fingerprint density at radius 2 is 1.65 bits per heavy atom. The third-order valence-electron chi connectivity index (χ3n) is 4.79. The van der Waals surface area contributed by atoms with Gasteiger partial charge in [-0.05, 0) is 42.7 Å². The third-order valence-corrected chi connectivity index (χ3v) is 4.79. The average Bonchev–Trinajstić information content (AvgIpc) is 2.28. The van der Waals surface area contributed by atoms with Crippen molar-refractivity contribution in [2.75, 3.05) is 0 Å². The van der Waals surface area contributed by atoms with Crippen molar-refractivity contribution >= 4 is 0 Å². The van der Waals surface area contributed by atoms with Crippen LogP contribution in [0.25, 0.3) is 0 Å². The Hall–Kier alpha value is -0.820. The van der Waals surface area contributed by atoms with Gasteiger partial charge in [-0.1, -0.05) is 49.9 Å². The topological polar surface area (TPSA) is 26.0 Å². The van der Waals surface area contributed by atoms with E-state index in [0.717, 1.165) is 5.92 Å². The summed E-state index contributed by atoms with van der Waals surface area (Å²) < 4.78 is 0. The minimum atomic E-state index is -0.0234. The van der Waals surface area contributed by atoms with Crippen LogP contribution in [0.4, 0.5) is 0 Å². The van der Waals surface area contributed by atoms with Gasteiger partial charge in [0.15, 0.2) is 0 Å². The molecule has 2 aliphatic carbocycles.